The van der Waals surface area contributed by atoms with Gasteiger partial charge in [0.25, 0.3) is 0 Å². The summed E-state index contributed by atoms with van der Waals surface area (Å²) in [5.41, 5.74) is 3.16. The molecule has 0 saturated carbocycles. The lowest BCUT2D eigenvalue weighted by atomic mass is 10.1. The molecule has 0 bridgehead atoms. The molecule has 4 rings (SSSR count). The molecule has 0 atom stereocenters. The molecule has 3 heterocycles. The van der Waals surface area contributed by atoms with E-state index in [-0.39, 0.29) is 0 Å². The summed E-state index contributed by atoms with van der Waals surface area (Å²) in [6.45, 7) is 3.99. The lowest BCUT2D eigenvalue weighted by Gasteiger charge is -2.10. The molecule has 0 saturated heterocycles. The van der Waals surface area contributed by atoms with Crippen LogP contribution in [0, 0.1) is 13.8 Å². The van der Waals surface area contributed by atoms with E-state index >= 15 is 0 Å². The van der Waals surface area contributed by atoms with Crippen LogP contribution in [0.1, 0.15) is 17.5 Å². The highest BCUT2D eigenvalue weighted by Crippen LogP contribution is 2.36. The fourth-order valence-corrected chi connectivity index (χ4v) is 3.31. The van der Waals surface area contributed by atoms with Crippen LogP contribution < -0.4 is 14.8 Å². The number of anilines is 1. The van der Waals surface area contributed by atoms with Crippen LogP contribution >= 0.6 is 11.6 Å². The van der Waals surface area contributed by atoms with Crippen molar-refractivity contribution in [2.24, 2.45) is 0 Å². The van der Waals surface area contributed by atoms with Crippen LogP contribution in [0.3, 0.4) is 0 Å². The van der Waals surface area contributed by atoms with Crippen LogP contribution in [0.25, 0.3) is 16.8 Å². The Labute approximate surface area is 171 Å². The largest absolute Gasteiger partial charge is 0.493 e. The molecule has 0 spiro atoms. The second-order valence-electron chi connectivity index (χ2n) is 6.30. The first-order chi connectivity index (χ1) is 14.0. The number of rotatable bonds is 6. The zero-order valence-electron chi connectivity index (χ0n) is 16.4. The lowest BCUT2D eigenvalue weighted by Crippen LogP contribution is -2.06. The van der Waals surface area contributed by atoms with Crippen LogP contribution in [0.2, 0.25) is 5.15 Å². The third-order valence-electron chi connectivity index (χ3n) is 4.39. The number of aromatic nitrogens is 5. The second kappa shape index (κ2) is 7.59. The molecule has 0 fully saturated rings. The Morgan fingerprint density at radius 1 is 1.10 bits per heavy atom. The number of hydrogen-bond donors (Lipinski definition) is 1. The van der Waals surface area contributed by atoms with Crippen molar-refractivity contribution in [1.29, 1.82) is 0 Å². The minimum atomic E-state index is 0.334. The van der Waals surface area contributed by atoms with Crippen molar-refractivity contribution in [3.05, 3.63) is 46.9 Å². The van der Waals surface area contributed by atoms with E-state index in [1.54, 1.807) is 31.7 Å². The van der Waals surface area contributed by atoms with Crippen LogP contribution in [0.15, 0.2) is 28.7 Å². The smallest absolute Gasteiger partial charge is 0.235 e. The van der Waals surface area contributed by atoms with E-state index in [1.807, 2.05) is 25.1 Å². The minimum Gasteiger partial charge on any atom is -0.493 e. The van der Waals surface area contributed by atoms with E-state index in [4.69, 9.17) is 25.5 Å². The van der Waals surface area contributed by atoms with Gasteiger partial charge in [-0.25, -0.2) is 4.98 Å². The second-order valence-corrected chi connectivity index (χ2v) is 6.69. The van der Waals surface area contributed by atoms with Crippen molar-refractivity contribution in [1.82, 2.24) is 24.8 Å². The van der Waals surface area contributed by atoms with Crippen molar-refractivity contribution in [3.63, 3.8) is 0 Å². The molecule has 10 heteroatoms. The van der Waals surface area contributed by atoms with Crippen molar-refractivity contribution in [2.45, 2.75) is 20.4 Å². The van der Waals surface area contributed by atoms with Crippen molar-refractivity contribution in [2.75, 3.05) is 19.5 Å². The van der Waals surface area contributed by atoms with E-state index in [9.17, 15) is 0 Å². The van der Waals surface area contributed by atoms with Gasteiger partial charge in [0, 0.05) is 18.6 Å². The zero-order chi connectivity index (χ0) is 20.5. The number of fused-ring (bicyclic) bond motifs is 1. The summed E-state index contributed by atoms with van der Waals surface area (Å²) < 4.78 is 17.9. The van der Waals surface area contributed by atoms with Crippen molar-refractivity contribution in [3.8, 4) is 22.6 Å². The van der Waals surface area contributed by atoms with Gasteiger partial charge < -0.3 is 19.2 Å². The summed E-state index contributed by atoms with van der Waals surface area (Å²) in [5, 5.41) is 16.0. The zero-order valence-corrected chi connectivity index (χ0v) is 17.1. The molecule has 9 nitrogen and oxygen atoms in total. The summed E-state index contributed by atoms with van der Waals surface area (Å²) in [4.78, 5) is 4.49. The highest BCUT2D eigenvalue weighted by molar-refractivity contribution is 6.29. The molecule has 0 amide bonds. The van der Waals surface area contributed by atoms with Crippen LogP contribution in [-0.2, 0) is 6.54 Å². The third-order valence-corrected chi connectivity index (χ3v) is 4.59. The van der Waals surface area contributed by atoms with Gasteiger partial charge in [0.05, 0.1) is 26.5 Å². The Morgan fingerprint density at radius 2 is 1.90 bits per heavy atom. The number of benzene rings is 1. The Balaban J connectivity index is 1.78. The van der Waals surface area contributed by atoms with Crippen LogP contribution in [0.5, 0.6) is 11.5 Å². The fraction of sp³-hybridized carbons (Fsp3) is 0.263. The maximum Gasteiger partial charge on any atom is 0.235 e. The van der Waals surface area contributed by atoms with Gasteiger partial charge in [0.2, 0.25) is 11.8 Å². The standard InChI is InChI=1S/C19H19ClN6O3/c1-10-18(12-5-6-13(27-3)14(7-12)28-4)19-22-15(20)8-16(26(19)25-10)21-9-17-24-23-11(2)29-17/h5-8,21H,9H2,1-4H3. The van der Waals surface area contributed by atoms with E-state index < -0.39 is 0 Å². The predicted molar refractivity (Wildman–Crippen MR) is 108 cm³/mol. The molecule has 1 aromatic carbocycles. The number of nitrogens with one attached hydrogen (secondary N) is 1. The van der Waals surface area contributed by atoms with Gasteiger partial charge in [-0.05, 0) is 24.6 Å². The Bertz CT molecular complexity index is 1190. The average molecular weight is 415 g/mol. The van der Waals surface area contributed by atoms with Gasteiger partial charge >= 0.3 is 0 Å². The summed E-state index contributed by atoms with van der Waals surface area (Å²) in [6, 6.07) is 7.36. The minimum absolute atomic E-state index is 0.334. The van der Waals surface area contributed by atoms with Gasteiger partial charge in [-0.2, -0.15) is 9.61 Å². The van der Waals surface area contributed by atoms with Gasteiger partial charge in [0.1, 0.15) is 11.0 Å². The molecule has 1 N–H and O–H groups in total. The number of ether oxygens (including phenoxy) is 2. The number of methoxy groups -OCH3 is 2. The highest BCUT2D eigenvalue weighted by atomic mass is 35.5. The predicted octanol–water partition coefficient (Wildman–Crippen LogP) is 3.68. The van der Waals surface area contributed by atoms with Gasteiger partial charge in [0.15, 0.2) is 17.1 Å². The Morgan fingerprint density at radius 3 is 2.59 bits per heavy atom. The molecular weight excluding hydrogens is 396 g/mol. The summed E-state index contributed by atoms with van der Waals surface area (Å²) in [5.74, 6) is 2.90. The summed E-state index contributed by atoms with van der Waals surface area (Å²) in [6.07, 6.45) is 0. The molecule has 150 valence electrons. The van der Waals surface area contributed by atoms with E-state index in [0.717, 1.165) is 16.8 Å². The molecule has 4 aromatic rings. The summed E-state index contributed by atoms with van der Waals surface area (Å²) >= 11 is 6.30. The lowest BCUT2D eigenvalue weighted by molar-refractivity contribution is 0.355. The summed E-state index contributed by atoms with van der Waals surface area (Å²) in [7, 11) is 3.20. The SMILES string of the molecule is COc1ccc(-c2c(C)nn3c(NCc4nnc(C)o4)cc(Cl)nc23)cc1OC. The van der Waals surface area contributed by atoms with E-state index in [0.29, 0.717) is 46.4 Å². The molecule has 0 radical (unpaired) electrons. The van der Waals surface area contributed by atoms with Crippen molar-refractivity contribution < 1.29 is 13.9 Å². The molecule has 0 unspecified atom stereocenters. The van der Waals surface area contributed by atoms with E-state index in [1.165, 1.54) is 0 Å². The van der Waals surface area contributed by atoms with Crippen LogP contribution in [0.4, 0.5) is 5.82 Å². The van der Waals surface area contributed by atoms with Gasteiger partial charge in [-0.3, -0.25) is 0 Å². The third kappa shape index (κ3) is 3.56. The van der Waals surface area contributed by atoms with Gasteiger partial charge in [-0.1, -0.05) is 17.7 Å². The molecule has 0 aliphatic rings. The quantitative estimate of drug-likeness (QED) is 0.477. The Kier molecular flexibility index (Phi) is 4.98. The van der Waals surface area contributed by atoms with Crippen LogP contribution in [-0.4, -0.2) is 39.0 Å². The first-order valence-electron chi connectivity index (χ1n) is 8.81. The molecule has 29 heavy (non-hydrogen) atoms. The number of nitrogens with zero attached hydrogens (tertiary/aromatic N) is 5. The maximum absolute atomic E-state index is 6.30. The number of aryl methyl sites for hydroxylation is 2. The average Bonchev–Trinajstić information content (AvgIpc) is 3.27. The molecule has 0 aliphatic carbocycles. The van der Waals surface area contributed by atoms with E-state index in [2.05, 4.69) is 25.6 Å². The maximum atomic E-state index is 6.30. The number of hydrogen-bond acceptors (Lipinski definition) is 8. The topological polar surface area (TPSA) is 99.6 Å². The first-order valence-corrected chi connectivity index (χ1v) is 9.19. The fourth-order valence-electron chi connectivity index (χ4n) is 3.12. The molecular formula is C19H19ClN6O3. The number of halogens is 1. The molecule has 0 aliphatic heterocycles. The normalized spacial score (nSPS) is 11.1. The van der Waals surface area contributed by atoms with Gasteiger partial charge in [-0.15, -0.1) is 10.2 Å². The highest BCUT2D eigenvalue weighted by Gasteiger charge is 2.18. The molecule has 3 aromatic heterocycles. The van der Waals surface area contributed by atoms with Crippen molar-refractivity contribution >= 4 is 23.1 Å². The first kappa shape index (κ1) is 19.0. The Hall–Kier alpha value is -3.33. The monoisotopic (exact) mass is 414 g/mol.